The summed E-state index contributed by atoms with van der Waals surface area (Å²) in [6, 6.07) is 10.2. The van der Waals surface area contributed by atoms with E-state index < -0.39 is 0 Å². The number of nitriles is 1. The zero-order chi connectivity index (χ0) is 18.2. The fraction of sp³-hybridized carbons (Fsp3) is 0.444. The number of thioether (sulfide) groups is 1. The summed E-state index contributed by atoms with van der Waals surface area (Å²) in [5.41, 5.74) is 2.21. The normalized spacial score (nSPS) is 10.5. The number of rotatable bonds is 8. The Kier molecular flexibility index (Phi) is 7.02. The molecule has 6 nitrogen and oxygen atoms in total. The van der Waals surface area contributed by atoms with Gasteiger partial charge in [0.1, 0.15) is 0 Å². The van der Waals surface area contributed by atoms with Crippen LogP contribution in [0.2, 0.25) is 0 Å². The molecule has 0 saturated heterocycles. The van der Waals surface area contributed by atoms with Gasteiger partial charge in [0, 0.05) is 25.7 Å². The Hall–Kier alpha value is -2.33. The van der Waals surface area contributed by atoms with Crippen molar-refractivity contribution in [3.63, 3.8) is 0 Å². The van der Waals surface area contributed by atoms with Crippen LogP contribution in [0, 0.1) is 18.3 Å². The van der Waals surface area contributed by atoms with Gasteiger partial charge in [0.2, 0.25) is 5.91 Å². The molecule has 7 heteroatoms. The highest BCUT2D eigenvalue weighted by Crippen LogP contribution is 2.25. The van der Waals surface area contributed by atoms with Gasteiger partial charge in [-0.15, -0.1) is 10.2 Å². The number of aryl methyl sites for hydroxylation is 1. The average Bonchev–Trinajstić information content (AvgIpc) is 3.00. The van der Waals surface area contributed by atoms with E-state index >= 15 is 0 Å². The van der Waals surface area contributed by atoms with Crippen LogP contribution in [0.3, 0.4) is 0 Å². The van der Waals surface area contributed by atoms with Crippen molar-refractivity contribution in [2.45, 2.75) is 38.4 Å². The Morgan fingerprint density at radius 3 is 2.88 bits per heavy atom. The molecule has 1 aromatic heterocycles. The summed E-state index contributed by atoms with van der Waals surface area (Å²) >= 11 is 1.39. The van der Waals surface area contributed by atoms with Crippen LogP contribution in [0.5, 0.6) is 0 Å². The van der Waals surface area contributed by atoms with Crippen LogP contribution >= 0.6 is 11.8 Å². The molecular weight excluding hydrogens is 334 g/mol. The molecule has 0 aliphatic carbocycles. The predicted molar refractivity (Wildman–Crippen MR) is 99.1 cm³/mol. The van der Waals surface area contributed by atoms with E-state index in [9.17, 15) is 4.79 Å². The maximum Gasteiger partial charge on any atom is 0.232 e. The highest BCUT2D eigenvalue weighted by molar-refractivity contribution is 7.99. The fourth-order valence-corrected chi connectivity index (χ4v) is 3.30. The topological polar surface area (TPSA) is 74.8 Å². The summed E-state index contributed by atoms with van der Waals surface area (Å²) in [4.78, 5) is 13.7. The van der Waals surface area contributed by atoms with Crippen LogP contribution in [0.4, 0.5) is 0 Å². The third-order valence-electron chi connectivity index (χ3n) is 3.75. The van der Waals surface area contributed by atoms with Crippen LogP contribution in [0.15, 0.2) is 29.4 Å². The monoisotopic (exact) mass is 357 g/mol. The van der Waals surface area contributed by atoms with Crippen molar-refractivity contribution in [3.8, 4) is 17.5 Å². The van der Waals surface area contributed by atoms with Gasteiger partial charge in [0.15, 0.2) is 11.0 Å². The summed E-state index contributed by atoms with van der Waals surface area (Å²) in [7, 11) is 1.72. The molecule has 2 rings (SSSR count). The summed E-state index contributed by atoms with van der Waals surface area (Å²) in [6.07, 6.45) is 1.30. The van der Waals surface area contributed by atoms with Gasteiger partial charge in [0.25, 0.3) is 0 Å². The van der Waals surface area contributed by atoms with E-state index in [0.717, 1.165) is 29.5 Å². The van der Waals surface area contributed by atoms with Crippen LogP contribution in [0.25, 0.3) is 11.4 Å². The van der Waals surface area contributed by atoms with Crippen molar-refractivity contribution in [1.82, 2.24) is 19.7 Å². The summed E-state index contributed by atoms with van der Waals surface area (Å²) in [6.45, 7) is 5.41. The first-order chi connectivity index (χ1) is 12.1. The standard InChI is InChI=1S/C18H23N5OS/c1-4-10-23-17(15-8-5-7-14(2)12-15)20-21-18(23)25-13-16(24)22(3)11-6-9-19/h5,7-8,12H,4,6,10-11,13H2,1-3H3. The van der Waals surface area contributed by atoms with Crippen LogP contribution in [0.1, 0.15) is 25.3 Å². The number of amides is 1. The average molecular weight is 357 g/mol. The molecule has 1 amide bonds. The van der Waals surface area contributed by atoms with Crippen LogP contribution in [-0.2, 0) is 11.3 Å². The molecule has 0 aliphatic rings. The molecule has 132 valence electrons. The minimum atomic E-state index is -0.0107. The number of benzene rings is 1. The van der Waals surface area contributed by atoms with Gasteiger partial charge in [-0.05, 0) is 19.4 Å². The number of carbonyl (C=O) groups is 1. The molecule has 0 spiro atoms. The summed E-state index contributed by atoms with van der Waals surface area (Å²) < 4.78 is 2.07. The van der Waals surface area contributed by atoms with Gasteiger partial charge in [-0.3, -0.25) is 4.79 Å². The van der Waals surface area contributed by atoms with Crippen molar-refractivity contribution in [2.75, 3.05) is 19.3 Å². The van der Waals surface area contributed by atoms with Crippen LogP contribution < -0.4 is 0 Å². The van der Waals surface area contributed by atoms with Gasteiger partial charge in [0.05, 0.1) is 18.2 Å². The van der Waals surface area contributed by atoms with Crippen molar-refractivity contribution in [2.24, 2.45) is 0 Å². The molecule has 1 heterocycles. The second-order valence-corrected chi connectivity index (χ2v) is 6.78. The Labute approximate surface area is 152 Å². The van der Waals surface area contributed by atoms with Crippen molar-refractivity contribution < 1.29 is 4.79 Å². The molecule has 0 fully saturated rings. The minimum absolute atomic E-state index is 0.0107. The molecule has 0 radical (unpaired) electrons. The SMILES string of the molecule is CCCn1c(SCC(=O)N(C)CCC#N)nnc1-c1cccc(C)c1. The second-order valence-electron chi connectivity index (χ2n) is 5.84. The van der Waals surface area contributed by atoms with Crippen molar-refractivity contribution in [3.05, 3.63) is 29.8 Å². The number of hydrogen-bond donors (Lipinski definition) is 0. The van der Waals surface area contributed by atoms with Gasteiger partial charge in [-0.1, -0.05) is 42.4 Å². The van der Waals surface area contributed by atoms with Gasteiger partial charge >= 0.3 is 0 Å². The molecule has 1 aromatic carbocycles. The first-order valence-electron chi connectivity index (χ1n) is 8.30. The largest absolute Gasteiger partial charge is 0.344 e. The molecular formula is C18H23N5OS. The van der Waals surface area contributed by atoms with E-state index in [-0.39, 0.29) is 11.7 Å². The molecule has 0 atom stereocenters. The molecule has 2 aromatic rings. The van der Waals surface area contributed by atoms with Crippen molar-refractivity contribution >= 4 is 17.7 Å². The smallest absolute Gasteiger partial charge is 0.232 e. The molecule has 0 saturated carbocycles. The first-order valence-corrected chi connectivity index (χ1v) is 9.29. The van der Waals surface area contributed by atoms with E-state index in [2.05, 4.69) is 46.8 Å². The highest BCUT2D eigenvalue weighted by Gasteiger charge is 2.16. The van der Waals surface area contributed by atoms with Crippen molar-refractivity contribution in [1.29, 1.82) is 5.26 Å². The Bertz CT molecular complexity index is 765. The molecule has 0 N–H and O–H groups in total. The molecule has 0 aliphatic heterocycles. The fourth-order valence-electron chi connectivity index (χ4n) is 2.40. The molecule has 0 unspecified atom stereocenters. The van der Waals surface area contributed by atoms with Gasteiger partial charge in [-0.2, -0.15) is 5.26 Å². The number of hydrogen-bond acceptors (Lipinski definition) is 5. The van der Waals surface area contributed by atoms with E-state index in [0.29, 0.717) is 13.0 Å². The van der Waals surface area contributed by atoms with E-state index in [1.54, 1.807) is 11.9 Å². The predicted octanol–water partition coefficient (Wildman–Crippen LogP) is 3.13. The Balaban J connectivity index is 2.14. The Morgan fingerprint density at radius 2 is 2.20 bits per heavy atom. The number of carbonyl (C=O) groups excluding carboxylic acids is 1. The lowest BCUT2D eigenvalue weighted by atomic mass is 10.1. The number of nitrogens with zero attached hydrogens (tertiary/aromatic N) is 5. The van der Waals surface area contributed by atoms with E-state index in [4.69, 9.17) is 5.26 Å². The zero-order valence-corrected chi connectivity index (χ0v) is 15.7. The molecule has 0 bridgehead atoms. The summed E-state index contributed by atoms with van der Waals surface area (Å²) in [5.74, 6) is 1.11. The minimum Gasteiger partial charge on any atom is -0.344 e. The lowest BCUT2D eigenvalue weighted by Gasteiger charge is -2.15. The van der Waals surface area contributed by atoms with Crippen LogP contribution in [-0.4, -0.2) is 44.9 Å². The highest BCUT2D eigenvalue weighted by atomic mass is 32.2. The third kappa shape index (κ3) is 5.07. The van der Waals surface area contributed by atoms with E-state index in [1.165, 1.54) is 17.3 Å². The lowest BCUT2D eigenvalue weighted by Crippen LogP contribution is -2.29. The van der Waals surface area contributed by atoms with Gasteiger partial charge in [-0.25, -0.2) is 0 Å². The Morgan fingerprint density at radius 1 is 1.40 bits per heavy atom. The number of aromatic nitrogens is 3. The lowest BCUT2D eigenvalue weighted by molar-refractivity contribution is -0.127. The molecule has 25 heavy (non-hydrogen) atoms. The summed E-state index contributed by atoms with van der Waals surface area (Å²) in [5, 5.41) is 18.0. The quantitative estimate of drug-likeness (QED) is 0.679. The second kappa shape index (κ2) is 9.23. The zero-order valence-electron chi connectivity index (χ0n) is 14.9. The van der Waals surface area contributed by atoms with E-state index in [1.807, 2.05) is 12.1 Å². The maximum atomic E-state index is 12.2. The third-order valence-corrected chi connectivity index (χ3v) is 4.70. The maximum absolute atomic E-state index is 12.2. The van der Waals surface area contributed by atoms with Gasteiger partial charge < -0.3 is 9.47 Å². The first kappa shape index (κ1) is 19.0.